The normalized spacial score (nSPS) is 11.5. The molecule has 0 radical (unpaired) electrons. The Balaban J connectivity index is 1.64. The Hall–Kier alpha value is -2.62. The lowest BCUT2D eigenvalue weighted by Gasteiger charge is -2.10. The second-order valence-electron chi connectivity index (χ2n) is 5.31. The van der Waals surface area contributed by atoms with Gasteiger partial charge in [0.05, 0.1) is 22.6 Å². The van der Waals surface area contributed by atoms with Gasteiger partial charge in [0.25, 0.3) is 0 Å². The maximum Gasteiger partial charge on any atom is 0.237 e. The van der Waals surface area contributed by atoms with Crippen LogP contribution in [-0.4, -0.2) is 16.1 Å². The largest absolute Gasteiger partial charge is 0.325 e. The van der Waals surface area contributed by atoms with Crippen molar-refractivity contribution in [1.82, 2.24) is 4.98 Å². The molecule has 0 saturated carbocycles. The van der Waals surface area contributed by atoms with Crippen molar-refractivity contribution in [2.45, 2.75) is 16.5 Å². The molecule has 0 aliphatic carbocycles. The van der Waals surface area contributed by atoms with Gasteiger partial charge in [-0.2, -0.15) is 5.26 Å². The maximum absolute atomic E-state index is 12.4. The summed E-state index contributed by atoms with van der Waals surface area (Å²) in [5.41, 5.74) is 3.13. The number of aromatic nitrogens is 1. The fraction of sp³-hybridized carbons (Fsp3) is 0.105. The van der Waals surface area contributed by atoms with Gasteiger partial charge in [0.15, 0.2) is 4.34 Å². The molecule has 3 rings (SSSR count). The molecule has 0 spiro atoms. The molecule has 2 aromatic carbocycles. The topological polar surface area (TPSA) is 65.8 Å². The smallest absolute Gasteiger partial charge is 0.237 e. The Kier molecular flexibility index (Phi) is 5.49. The zero-order valence-electron chi connectivity index (χ0n) is 13.5. The molecule has 0 fully saturated rings. The third kappa shape index (κ3) is 4.47. The summed E-state index contributed by atoms with van der Waals surface area (Å²) in [6, 6.07) is 18.9. The van der Waals surface area contributed by atoms with Gasteiger partial charge in [0, 0.05) is 16.6 Å². The summed E-state index contributed by atoms with van der Waals surface area (Å²) in [7, 11) is 0. The first-order chi connectivity index (χ1) is 12.2. The molecule has 0 saturated heterocycles. The highest BCUT2D eigenvalue weighted by molar-refractivity contribution is 8.02. The van der Waals surface area contributed by atoms with Crippen molar-refractivity contribution in [1.29, 1.82) is 5.26 Å². The Labute approximate surface area is 154 Å². The number of nitrogens with zero attached hydrogens (tertiary/aromatic N) is 2. The van der Waals surface area contributed by atoms with Crippen molar-refractivity contribution in [2.75, 3.05) is 5.32 Å². The molecule has 1 heterocycles. The molecular weight excluding hydrogens is 350 g/mol. The second-order valence-corrected chi connectivity index (χ2v) is 7.75. The van der Waals surface area contributed by atoms with Crippen LogP contribution in [0.25, 0.3) is 11.3 Å². The summed E-state index contributed by atoms with van der Waals surface area (Å²) in [5, 5.41) is 13.5. The first kappa shape index (κ1) is 17.2. The fourth-order valence-electron chi connectivity index (χ4n) is 2.17. The number of nitrogens with one attached hydrogen (secondary N) is 1. The van der Waals surface area contributed by atoms with Crippen molar-refractivity contribution in [2.24, 2.45) is 0 Å². The summed E-state index contributed by atoms with van der Waals surface area (Å²) >= 11 is 2.96. The van der Waals surface area contributed by atoms with Crippen LogP contribution in [0.3, 0.4) is 0 Å². The van der Waals surface area contributed by atoms with Crippen LogP contribution in [0, 0.1) is 11.3 Å². The number of thiazole rings is 1. The summed E-state index contributed by atoms with van der Waals surface area (Å²) in [4.78, 5) is 17.0. The molecule has 0 aliphatic rings. The first-order valence-corrected chi connectivity index (χ1v) is 9.40. The van der Waals surface area contributed by atoms with Crippen molar-refractivity contribution in [3.05, 3.63) is 65.5 Å². The molecule has 1 amide bonds. The van der Waals surface area contributed by atoms with Gasteiger partial charge in [-0.3, -0.25) is 4.79 Å². The molecule has 6 heteroatoms. The average Bonchev–Trinajstić information content (AvgIpc) is 3.11. The van der Waals surface area contributed by atoms with Gasteiger partial charge in [0.1, 0.15) is 0 Å². The van der Waals surface area contributed by atoms with E-state index in [2.05, 4.69) is 16.4 Å². The van der Waals surface area contributed by atoms with E-state index < -0.39 is 0 Å². The highest BCUT2D eigenvalue weighted by Gasteiger charge is 2.17. The van der Waals surface area contributed by atoms with Crippen LogP contribution >= 0.6 is 23.1 Å². The Bertz CT molecular complexity index is 916. The zero-order chi connectivity index (χ0) is 17.6. The quantitative estimate of drug-likeness (QED) is 0.660. The lowest BCUT2D eigenvalue weighted by atomic mass is 10.2. The molecule has 25 heavy (non-hydrogen) atoms. The van der Waals surface area contributed by atoms with E-state index in [1.54, 1.807) is 24.3 Å². The van der Waals surface area contributed by atoms with Crippen LogP contribution in [0.5, 0.6) is 0 Å². The predicted molar refractivity (Wildman–Crippen MR) is 103 cm³/mol. The van der Waals surface area contributed by atoms with Gasteiger partial charge in [-0.1, -0.05) is 48.2 Å². The van der Waals surface area contributed by atoms with Crippen LogP contribution in [0.2, 0.25) is 0 Å². The molecule has 3 aromatic rings. The van der Waals surface area contributed by atoms with Crippen LogP contribution in [0.4, 0.5) is 5.69 Å². The number of carbonyl (C=O) groups is 1. The predicted octanol–water partition coefficient (Wildman–Crippen LogP) is 4.80. The van der Waals surface area contributed by atoms with E-state index in [0.717, 1.165) is 15.6 Å². The number of amides is 1. The third-order valence-corrected chi connectivity index (χ3v) is 5.53. The Morgan fingerprint density at radius 1 is 1.24 bits per heavy atom. The van der Waals surface area contributed by atoms with E-state index in [9.17, 15) is 4.79 Å². The van der Waals surface area contributed by atoms with E-state index in [-0.39, 0.29) is 11.2 Å². The molecule has 4 nitrogen and oxygen atoms in total. The van der Waals surface area contributed by atoms with Crippen molar-refractivity contribution >= 4 is 34.7 Å². The minimum absolute atomic E-state index is 0.114. The second kappa shape index (κ2) is 7.97. The van der Waals surface area contributed by atoms with E-state index in [1.165, 1.54) is 23.1 Å². The van der Waals surface area contributed by atoms with Crippen molar-refractivity contribution in [3.8, 4) is 17.3 Å². The Morgan fingerprint density at radius 3 is 2.80 bits per heavy atom. The van der Waals surface area contributed by atoms with Crippen LogP contribution in [0.15, 0.2) is 64.3 Å². The molecule has 1 N–H and O–H groups in total. The molecule has 0 bridgehead atoms. The molecule has 1 aromatic heterocycles. The summed E-state index contributed by atoms with van der Waals surface area (Å²) < 4.78 is 0.854. The lowest BCUT2D eigenvalue weighted by molar-refractivity contribution is -0.115. The number of anilines is 1. The van der Waals surface area contributed by atoms with Gasteiger partial charge < -0.3 is 5.32 Å². The van der Waals surface area contributed by atoms with Crippen molar-refractivity contribution < 1.29 is 4.79 Å². The number of benzene rings is 2. The highest BCUT2D eigenvalue weighted by Crippen LogP contribution is 2.31. The molecular formula is C19H15N3OS2. The number of hydrogen-bond acceptors (Lipinski definition) is 5. The van der Waals surface area contributed by atoms with Gasteiger partial charge in [-0.15, -0.1) is 11.3 Å². The Morgan fingerprint density at radius 2 is 2.04 bits per heavy atom. The van der Waals surface area contributed by atoms with Gasteiger partial charge in [-0.05, 0) is 25.1 Å². The van der Waals surface area contributed by atoms with Gasteiger partial charge in [-0.25, -0.2) is 4.98 Å². The van der Waals surface area contributed by atoms with Crippen molar-refractivity contribution in [3.63, 3.8) is 0 Å². The molecule has 1 atom stereocenters. The minimum atomic E-state index is -0.291. The third-order valence-electron chi connectivity index (χ3n) is 3.46. The minimum Gasteiger partial charge on any atom is -0.325 e. The van der Waals surface area contributed by atoms with E-state index in [1.807, 2.05) is 42.6 Å². The SMILES string of the molecule is C[C@@H](Sc1nc(-c2ccccc2)cs1)C(=O)Nc1cccc(C#N)c1. The molecule has 0 aliphatic heterocycles. The van der Waals surface area contributed by atoms with E-state index >= 15 is 0 Å². The van der Waals surface area contributed by atoms with Crippen LogP contribution < -0.4 is 5.32 Å². The monoisotopic (exact) mass is 365 g/mol. The standard InChI is InChI=1S/C19H15N3OS2/c1-13(18(23)21-16-9-5-6-14(10-16)11-20)25-19-22-17(12-24-19)15-7-3-2-4-8-15/h2-10,12-13H,1H3,(H,21,23)/t13-/m1/s1. The first-order valence-electron chi connectivity index (χ1n) is 7.64. The highest BCUT2D eigenvalue weighted by atomic mass is 32.2. The molecule has 0 unspecified atom stereocenters. The summed E-state index contributed by atoms with van der Waals surface area (Å²) in [6.07, 6.45) is 0. The number of carbonyl (C=O) groups excluding carboxylic acids is 1. The number of rotatable bonds is 5. The number of hydrogen-bond donors (Lipinski definition) is 1. The summed E-state index contributed by atoms with van der Waals surface area (Å²) in [6.45, 7) is 1.84. The van der Waals surface area contributed by atoms with E-state index in [0.29, 0.717) is 11.3 Å². The van der Waals surface area contributed by atoms with Crippen LogP contribution in [0.1, 0.15) is 12.5 Å². The lowest BCUT2D eigenvalue weighted by Crippen LogP contribution is -2.22. The number of nitriles is 1. The average molecular weight is 365 g/mol. The van der Waals surface area contributed by atoms with Gasteiger partial charge in [0.2, 0.25) is 5.91 Å². The van der Waals surface area contributed by atoms with Gasteiger partial charge >= 0.3 is 0 Å². The fourth-order valence-corrected chi connectivity index (χ4v) is 4.14. The zero-order valence-corrected chi connectivity index (χ0v) is 15.1. The maximum atomic E-state index is 12.4. The number of thioether (sulfide) groups is 1. The molecule has 124 valence electrons. The van der Waals surface area contributed by atoms with Crippen LogP contribution in [-0.2, 0) is 4.79 Å². The summed E-state index contributed by atoms with van der Waals surface area (Å²) in [5.74, 6) is -0.114. The van der Waals surface area contributed by atoms with E-state index in [4.69, 9.17) is 5.26 Å².